The van der Waals surface area contributed by atoms with Gasteiger partial charge in [-0.05, 0) is 41.9 Å². The molecule has 1 rings (SSSR count). The van der Waals surface area contributed by atoms with Crippen LogP contribution in [0.3, 0.4) is 0 Å². The molecular formula is C16H38N4Zn. The van der Waals surface area contributed by atoms with Crippen molar-refractivity contribution in [1.29, 1.82) is 0 Å². The molecule has 0 aromatic carbocycles. The minimum atomic E-state index is 0. The first-order chi connectivity index (χ1) is 8.79. The van der Waals surface area contributed by atoms with Crippen molar-refractivity contribution in [2.75, 3.05) is 73.5 Å². The molecular weight excluding hydrogens is 314 g/mol. The Morgan fingerprint density at radius 2 is 0.810 bits per heavy atom. The summed E-state index contributed by atoms with van der Waals surface area (Å²) in [5, 5.41) is 0. The number of likely N-dealkylation sites (N-methyl/N-ethyl adjacent to an activating group) is 3. The van der Waals surface area contributed by atoms with Crippen molar-refractivity contribution in [3.8, 4) is 0 Å². The summed E-state index contributed by atoms with van der Waals surface area (Å²) in [5.41, 5.74) is 0.266. The SMILES string of the molecule is C.CN1CCN(C)CCN(C(C)(C)C)CCN(C)CC1.[Zn]. The molecule has 0 amide bonds. The molecule has 124 valence electrons. The van der Waals surface area contributed by atoms with Gasteiger partial charge in [0.05, 0.1) is 0 Å². The predicted molar refractivity (Wildman–Crippen MR) is 90.5 cm³/mol. The Morgan fingerprint density at radius 3 is 1.05 bits per heavy atom. The third kappa shape index (κ3) is 9.96. The Balaban J connectivity index is 0. The molecule has 5 heteroatoms. The third-order valence-electron chi connectivity index (χ3n) is 4.18. The minimum absolute atomic E-state index is 0. The van der Waals surface area contributed by atoms with Crippen LogP contribution < -0.4 is 0 Å². The van der Waals surface area contributed by atoms with Gasteiger partial charge in [-0.25, -0.2) is 0 Å². The molecule has 0 saturated carbocycles. The van der Waals surface area contributed by atoms with Gasteiger partial charge in [0.1, 0.15) is 0 Å². The molecule has 1 aliphatic heterocycles. The van der Waals surface area contributed by atoms with E-state index in [-0.39, 0.29) is 32.4 Å². The van der Waals surface area contributed by atoms with Crippen molar-refractivity contribution in [2.24, 2.45) is 0 Å². The van der Waals surface area contributed by atoms with Gasteiger partial charge in [0, 0.05) is 77.4 Å². The molecule has 4 nitrogen and oxygen atoms in total. The van der Waals surface area contributed by atoms with Crippen molar-refractivity contribution in [2.45, 2.75) is 33.7 Å². The van der Waals surface area contributed by atoms with Crippen LogP contribution in [0.2, 0.25) is 0 Å². The molecule has 0 N–H and O–H groups in total. The number of rotatable bonds is 0. The molecule has 0 aromatic heterocycles. The Hall–Kier alpha value is 0.463. The van der Waals surface area contributed by atoms with Gasteiger partial charge in [-0.2, -0.15) is 0 Å². The van der Waals surface area contributed by atoms with Gasteiger partial charge in [0.2, 0.25) is 0 Å². The van der Waals surface area contributed by atoms with Crippen molar-refractivity contribution in [3.05, 3.63) is 0 Å². The van der Waals surface area contributed by atoms with E-state index in [4.69, 9.17) is 0 Å². The average Bonchev–Trinajstić information content (AvgIpc) is 2.30. The van der Waals surface area contributed by atoms with Crippen molar-refractivity contribution >= 4 is 0 Å². The zero-order valence-corrected chi connectivity index (χ0v) is 17.6. The van der Waals surface area contributed by atoms with E-state index in [2.05, 4.69) is 61.5 Å². The minimum Gasteiger partial charge on any atom is -0.304 e. The quantitative estimate of drug-likeness (QED) is 0.614. The molecule has 0 aliphatic carbocycles. The maximum absolute atomic E-state index is 2.62. The normalized spacial score (nSPS) is 22.6. The Morgan fingerprint density at radius 1 is 0.571 bits per heavy atom. The third-order valence-corrected chi connectivity index (χ3v) is 4.18. The standard InChI is InChI=1S/C15H34N4.CH4.Zn/c1-15(2,3)19-13-11-17(5)9-7-16(4)8-10-18(6)12-14-19;;/h7-14H2,1-6H3;1H4;. The fraction of sp³-hybridized carbons (Fsp3) is 1.00. The number of hydrogen-bond acceptors (Lipinski definition) is 4. The largest absolute Gasteiger partial charge is 0.304 e. The van der Waals surface area contributed by atoms with E-state index in [1.165, 1.54) is 13.1 Å². The van der Waals surface area contributed by atoms with E-state index in [1.807, 2.05) is 0 Å². The van der Waals surface area contributed by atoms with Crippen LogP contribution in [-0.4, -0.2) is 98.6 Å². The van der Waals surface area contributed by atoms with Gasteiger partial charge in [-0.15, -0.1) is 0 Å². The molecule has 0 spiro atoms. The molecule has 1 fully saturated rings. The van der Waals surface area contributed by atoms with E-state index >= 15 is 0 Å². The molecule has 0 unspecified atom stereocenters. The van der Waals surface area contributed by atoms with Gasteiger partial charge < -0.3 is 14.7 Å². The van der Waals surface area contributed by atoms with E-state index < -0.39 is 0 Å². The second kappa shape index (κ2) is 11.1. The zero-order chi connectivity index (χ0) is 14.5. The Labute approximate surface area is 146 Å². The summed E-state index contributed by atoms with van der Waals surface area (Å²) >= 11 is 0. The molecule has 21 heavy (non-hydrogen) atoms. The molecule has 0 bridgehead atoms. The Kier molecular flexibility index (Phi) is 12.5. The molecule has 1 saturated heterocycles. The first-order valence-corrected chi connectivity index (χ1v) is 7.60. The van der Waals surface area contributed by atoms with Crippen molar-refractivity contribution in [1.82, 2.24) is 19.6 Å². The second-order valence-electron chi connectivity index (χ2n) is 7.07. The fourth-order valence-electron chi connectivity index (χ4n) is 2.38. The van der Waals surface area contributed by atoms with Gasteiger partial charge in [0.15, 0.2) is 0 Å². The predicted octanol–water partition coefficient (Wildman–Crippen LogP) is 1.53. The van der Waals surface area contributed by atoms with Crippen LogP contribution in [0.1, 0.15) is 28.2 Å². The summed E-state index contributed by atoms with van der Waals surface area (Å²) in [7, 11) is 6.72. The summed E-state index contributed by atoms with van der Waals surface area (Å²) in [6, 6.07) is 0. The Bertz CT molecular complexity index is 237. The van der Waals surface area contributed by atoms with Gasteiger partial charge in [0.25, 0.3) is 0 Å². The number of hydrogen-bond donors (Lipinski definition) is 0. The first-order valence-electron chi connectivity index (χ1n) is 7.60. The van der Waals surface area contributed by atoms with Crippen LogP contribution in [0.25, 0.3) is 0 Å². The van der Waals surface area contributed by atoms with Crippen LogP contribution in [0.15, 0.2) is 0 Å². The number of nitrogens with zero attached hydrogens (tertiary/aromatic N) is 4. The second-order valence-corrected chi connectivity index (χ2v) is 7.07. The fourth-order valence-corrected chi connectivity index (χ4v) is 2.38. The molecule has 0 aromatic rings. The van der Waals surface area contributed by atoms with Crippen molar-refractivity contribution in [3.63, 3.8) is 0 Å². The summed E-state index contributed by atoms with van der Waals surface area (Å²) in [5.74, 6) is 0. The molecule has 1 aliphatic rings. The summed E-state index contributed by atoms with van der Waals surface area (Å²) < 4.78 is 0. The first kappa shape index (κ1) is 23.7. The van der Waals surface area contributed by atoms with E-state index in [9.17, 15) is 0 Å². The topological polar surface area (TPSA) is 13.0 Å². The summed E-state index contributed by atoms with van der Waals surface area (Å²) in [6.07, 6.45) is 0. The maximum atomic E-state index is 2.62. The van der Waals surface area contributed by atoms with Crippen LogP contribution >= 0.6 is 0 Å². The van der Waals surface area contributed by atoms with Crippen LogP contribution in [-0.2, 0) is 19.5 Å². The molecule has 0 radical (unpaired) electrons. The maximum Gasteiger partial charge on any atom is 0.0126 e. The monoisotopic (exact) mass is 350 g/mol. The summed E-state index contributed by atoms with van der Waals surface area (Å²) in [6.45, 7) is 16.3. The molecule has 1 heterocycles. The molecule has 0 atom stereocenters. The van der Waals surface area contributed by atoms with Crippen LogP contribution in [0, 0.1) is 0 Å². The van der Waals surface area contributed by atoms with Crippen LogP contribution in [0.5, 0.6) is 0 Å². The zero-order valence-electron chi connectivity index (χ0n) is 14.7. The van der Waals surface area contributed by atoms with E-state index in [1.54, 1.807) is 0 Å². The van der Waals surface area contributed by atoms with Crippen LogP contribution in [0.4, 0.5) is 0 Å². The van der Waals surface area contributed by atoms with Gasteiger partial charge in [-0.1, -0.05) is 7.43 Å². The average molecular weight is 352 g/mol. The smallest absolute Gasteiger partial charge is 0.0126 e. The van der Waals surface area contributed by atoms with E-state index in [0.717, 1.165) is 39.3 Å². The van der Waals surface area contributed by atoms with Gasteiger partial charge in [-0.3, -0.25) is 4.90 Å². The summed E-state index contributed by atoms with van der Waals surface area (Å²) in [4.78, 5) is 9.97. The van der Waals surface area contributed by atoms with E-state index in [0.29, 0.717) is 0 Å². The van der Waals surface area contributed by atoms with Crippen molar-refractivity contribution < 1.29 is 19.5 Å². The van der Waals surface area contributed by atoms with Gasteiger partial charge >= 0.3 is 0 Å².